The first-order chi connectivity index (χ1) is 12.2. The molecule has 0 unspecified atom stereocenters. The molecule has 1 saturated heterocycles. The zero-order valence-electron chi connectivity index (χ0n) is 15.4. The molecule has 1 aromatic heterocycles. The number of rotatable bonds is 7. The number of ether oxygens (including phenoxy) is 1. The molecule has 0 amide bonds. The van der Waals surface area contributed by atoms with Gasteiger partial charge >= 0.3 is 0 Å². The highest BCUT2D eigenvalue weighted by Crippen LogP contribution is 2.28. The number of pyridine rings is 1. The van der Waals surface area contributed by atoms with Gasteiger partial charge in [-0.2, -0.15) is 0 Å². The zero-order chi connectivity index (χ0) is 17.6. The molecule has 2 aromatic rings. The maximum atomic E-state index is 5.90. The van der Waals surface area contributed by atoms with E-state index in [0.717, 1.165) is 57.2 Å². The second-order valence-corrected chi connectivity index (χ2v) is 7.02. The minimum Gasteiger partial charge on any atom is -0.383 e. The molecule has 0 bridgehead atoms. The average molecular weight is 342 g/mol. The highest BCUT2D eigenvalue weighted by Gasteiger charge is 2.11. The minimum absolute atomic E-state index is 0.468. The number of morpholine rings is 1. The van der Waals surface area contributed by atoms with Gasteiger partial charge in [-0.25, -0.2) is 0 Å². The van der Waals surface area contributed by atoms with Crippen molar-refractivity contribution in [1.29, 1.82) is 0 Å². The molecule has 0 spiro atoms. The number of fused-ring (bicyclic) bond motifs is 1. The molecule has 5 heteroatoms. The highest BCUT2D eigenvalue weighted by atomic mass is 16.5. The molecule has 0 saturated carbocycles. The van der Waals surface area contributed by atoms with Gasteiger partial charge in [0.05, 0.1) is 30.8 Å². The smallest absolute Gasteiger partial charge is 0.0619 e. The third-order valence-electron chi connectivity index (χ3n) is 4.92. The summed E-state index contributed by atoms with van der Waals surface area (Å²) in [7, 11) is 0. The van der Waals surface area contributed by atoms with Crippen LogP contribution in [0, 0.1) is 0 Å². The molecule has 1 fully saturated rings. The second kappa shape index (κ2) is 8.61. The van der Waals surface area contributed by atoms with E-state index in [-0.39, 0.29) is 0 Å². The maximum absolute atomic E-state index is 5.90. The van der Waals surface area contributed by atoms with Crippen LogP contribution in [0.25, 0.3) is 10.8 Å². The summed E-state index contributed by atoms with van der Waals surface area (Å²) < 4.78 is 5.40. The Balaban J connectivity index is 1.68. The van der Waals surface area contributed by atoms with E-state index in [2.05, 4.69) is 47.2 Å². The van der Waals surface area contributed by atoms with Crippen molar-refractivity contribution in [3.63, 3.8) is 0 Å². The van der Waals surface area contributed by atoms with Crippen molar-refractivity contribution in [3.05, 3.63) is 35.7 Å². The van der Waals surface area contributed by atoms with Gasteiger partial charge in [-0.3, -0.25) is 9.88 Å². The van der Waals surface area contributed by atoms with Crippen molar-refractivity contribution in [3.8, 4) is 0 Å². The number of nitrogens with two attached hydrogens (primary N) is 1. The summed E-state index contributed by atoms with van der Waals surface area (Å²) in [5, 5.41) is 5.95. The summed E-state index contributed by atoms with van der Waals surface area (Å²) in [6.45, 7) is 10.8. The van der Waals surface area contributed by atoms with Crippen molar-refractivity contribution < 1.29 is 4.74 Å². The van der Waals surface area contributed by atoms with Crippen LogP contribution >= 0.6 is 0 Å². The van der Waals surface area contributed by atoms with Gasteiger partial charge in [0.1, 0.15) is 0 Å². The van der Waals surface area contributed by atoms with Crippen LogP contribution in [0.2, 0.25) is 0 Å². The Kier molecular flexibility index (Phi) is 6.24. The lowest BCUT2D eigenvalue weighted by atomic mass is 9.98. The quantitative estimate of drug-likeness (QED) is 0.758. The third kappa shape index (κ3) is 4.48. The maximum Gasteiger partial charge on any atom is 0.0619 e. The van der Waals surface area contributed by atoms with Gasteiger partial charge in [-0.15, -0.1) is 0 Å². The number of aromatic nitrogens is 1. The van der Waals surface area contributed by atoms with Crippen molar-refractivity contribution in [2.24, 2.45) is 5.73 Å². The number of nitrogens with zero attached hydrogens (tertiary/aromatic N) is 2. The van der Waals surface area contributed by atoms with Crippen LogP contribution in [0.5, 0.6) is 0 Å². The van der Waals surface area contributed by atoms with Crippen molar-refractivity contribution in [1.82, 2.24) is 9.88 Å². The van der Waals surface area contributed by atoms with Gasteiger partial charge in [0, 0.05) is 37.0 Å². The van der Waals surface area contributed by atoms with Crippen LogP contribution < -0.4 is 11.1 Å². The van der Waals surface area contributed by atoms with E-state index >= 15 is 0 Å². The summed E-state index contributed by atoms with van der Waals surface area (Å²) in [4.78, 5) is 7.05. The van der Waals surface area contributed by atoms with E-state index in [4.69, 9.17) is 10.5 Å². The summed E-state index contributed by atoms with van der Waals surface area (Å²) >= 11 is 0. The van der Waals surface area contributed by atoms with Crippen molar-refractivity contribution >= 4 is 16.5 Å². The molecule has 1 aliphatic rings. The molecular weight excluding hydrogens is 312 g/mol. The minimum atomic E-state index is 0.468. The monoisotopic (exact) mass is 342 g/mol. The van der Waals surface area contributed by atoms with Gasteiger partial charge in [-0.05, 0) is 30.5 Å². The summed E-state index contributed by atoms with van der Waals surface area (Å²) in [5.41, 5.74) is 9.30. The van der Waals surface area contributed by atoms with Crippen LogP contribution in [0.3, 0.4) is 0 Å². The van der Waals surface area contributed by atoms with Crippen LogP contribution in [0.4, 0.5) is 5.69 Å². The number of benzene rings is 1. The van der Waals surface area contributed by atoms with Crippen molar-refractivity contribution in [2.45, 2.75) is 32.7 Å². The first-order valence-electron chi connectivity index (χ1n) is 9.34. The highest BCUT2D eigenvalue weighted by molar-refractivity contribution is 5.95. The van der Waals surface area contributed by atoms with Gasteiger partial charge in [0.15, 0.2) is 0 Å². The van der Waals surface area contributed by atoms with E-state index < -0.39 is 0 Å². The largest absolute Gasteiger partial charge is 0.383 e. The second-order valence-electron chi connectivity index (χ2n) is 7.02. The van der Waals surface area contributed by atoms with Crippen molar-refractivity contribution in [2.75, 3.05) is 44.7 Å². The fourth-order valence-electron chi connectivity index (χ4n) is 3.33. The Morgan fingerprint density at radius 1 is 1.24 bits per heavy atom. The van der Waals surface area contributed by atoms with Crippen LogP contribution in [0.1, 0.15) is 37.4 Å². The fraction of sp³-hybridized carbons (Fsp3) is 0.550. The normalized spacial score (nSPS) is 15.8. The number of anilines is 1. The molecule has 0 aliphatic carbocycles. The summed E-state index contributed by atoms with van der Waals surface area (Å²) in [6, 6.07) is 6.66. The lowest BCUT2D eigenvalue weighted by molar-refractivity contribution is 0.0378. The fourth-order valence-corrected chi connectivity index (χ4v) is 3.33. The lowest BCUT2D eigenvalue weighted by Gasteiger charge is -2.26. The van der Waals surface area contributed by atoms with Gasteiger partial charge in [0.2, 0.25) is 0 Å². The van der Waals surface area contributed by atoms with Gasteiger partial charge < -0.3 is 15.8 Å². The Morgan fingerprint density at radius 3 is 2.76 bits per heavy atom. The summed E-state index contributed by atoms with van der Waals surface area (Å²) in [5.74, 6) is 0.500. The van der Waals surface area contributed by atoms with E-state index in [1.54, 1.807) is 0 Å². The first-order valence-corrected chi connectivity index (χ1v) is 9.34. The van der Waals surface area contributed by atoms with E-state index in [9.17, 15) is 0 Å². The van der Waals surface area contributed by atoms with Crippen LogP contribution in [0.15, 0.2) is 24.4 Å². The Hall–Kier alpha value is -1.69. The number of hydrogen-bond acceptors (Lipinski definition) is 5. The predicted octanol–water partition coefficient (Wildman–Crippen LogP) is 2.95. The Morgan fingerprint density at radius 2 is 2.04 bits per heavy atom. The number of nitrogens with one attached hydrogen (secondary N) is 1. The molecule has 1 aliphatic heterocycles. The standard InChI is InChI=1S/C20H30N4O/c1-15(2)16-4-5-17-18(12-16)19(13-21)23-14-20(17)22-6-3-7-24-8-10-25-11-9-24/h4-5,12,14-15,22H,3,6-11,13,21H2,1-2H3. The number of hydrogen-bond donors (Lipinski definition) is 2. The molecule has 2 heterocycles. The Labute approximate surface area is 150 Å². The zero-order valence-corrected chi connectivity index (χ0v) is 15.4. The van der Waals surface area contributed by atoms with Gasteiger partial charge in [0.25, 0.3) is 0 Å². The molecule has 25 heavy (non-hydrogen) atoms. The van der Waals surface area contributed by atoms with E-state index in [0.29, 0.717) is 12.5 Å². The predicted molar refractivity (Wildman–Crippen MR) is 104 cm³/mol. The SMILES string of the molecule is CC(C)c1ccc2c(NCCCN3CCOCC3)cnc(CN)c2c1. The lowest BCUT2D eigenvalue weighted by Crippen LogP contribution is -2.37. The molecule has 1 aromatic carbocycles. The molecule has 3 rings (SSSR count). The molecule has 0 atom stereocenters. The van der Waals surface area contributed by atoms with E-state index in [1.807, 2.05) is 6.20 Å². The molecular formula is C20H30N4O. The molecule has 3 N–H and O–H groups in total. The Bertz CT molecular complexity index is 695. The van der Waals surface area contributed by atoms with E-state index in [1.165, 1.54) is 16.3 Å². The van der Waals surface area contributed by atoms with Crippen LogP contribution in [-0.4, -0.2) is 49.3 Å². The molecule has 5 nitrogen and oxygen atoms in total. The molecule has 0 radical (unpaired) electrons. The molecule has 136 valence electrons. The third-order valence-corrected chi connectivity index (χ3v) is 4.92. The van der Waals surface area contributed by atoms with Gasteiger partial charge in [-0.1, -0.05) is 26.0 Å². The topological polar surface area (TPSA) is 63.4 Å². The first kappa shape index (κ1) is 18.1. The average Bonchev–Trinajstić information content (AvgIpc) is 2.65. The summed E-state index contributed by atoms with van der Waals surface area (Å²) in [6.07, 6.45) is 3.04. The van der Waals surface area contributed by atoms with Crippen LogP contribution in [-0.2, 0) is 11.3 Å².